The van der Waals surface area contributed by atoms with E-state index in [0.29, 0.717) is 18.3 Å². The molecule has 20 heavy (non-hydrogen) atoms. The molecule has 2 heterocycles. The lowest BCUT2D eigenvalue weighted by molar-refractivity contribution is 0.0995. The van der Waals surface area contributed by atoms with Crippen molar-refractivity contribution >= 4 is 22.4 Å². The summed E-state index contributed by atoms with van der Waals surface area (Å²) in [5, 5.41) is 11.7. The van der Waals surface area contributed by atoms with Gasteiger partial charge in [0.2, 0.25) is 5.13 Å². The van der Waals surface area contributed by atoms with Gasteiger partial charge in [-0.15, -0.1) is 10.2 Å². The minimum atomic E-state index is -0.313. The molecule has 2 aromatic rings. The summed E-state index contributed by atoms with van der Waals surface area (Å²) in [5.41, 5.74) is 0. The number of nitrogens with one attached hydrogen (secondary N) is 1. The predicted octanol–water partition coefficient (Wildman–Crippen LogP) is 2.87. The molecule has 7 heteroatoms. The highest BCUT2D eigenvalue weighted by atomic mass is 32.1. The van der Waals surface area contributed by atoms with Gasteiger partial charge in [0.15, 0.2) is 5.76 Å². The number of ether oxygens (including phenoxy) is 1. The van der Waals surface area contributed by atoms with E-state index < -0.39 is 0 Å². The zero-order chi connectivity index (χ0) is 14.4. The van der Waals surface area contributed by atoms with Crippen LogP contribution in [0.4, 0.5) is 5.13 Å². The molecule has 0 bridgehead atoms. The van der Waals surface area contributed by atoms with Crippen LogP contribution in [0, 0.1) is 0 Å². The highest BCUT2D eigenvalue weighted by molar-refractivity contribution is 7.15. The van der Waals surface area contributed by atoms with Gasteiger partial charge in [0.1, 0.15) is 17.4 Å². The molecular weight excluding hydrogens is 278 g/mol. The van der Waals surface area contributed by atoms with Crippen LogP contribution in [0.1, 0.15) is 41.6 Å². The van der Waals surface area contributed by atoms with Crippen LogP contribution in [-0.4, -0.2) is 22.7 Å². The molecule has 2 aromatic heterocycles. The largest absolute Gasteiger partial charge is 0.456 e. The first-order chi connectivity index (χ1) is 9.72. The molecule has 0 aliphatic rings. The number of anilines is 1. The molecule has 6 nitrogen and oxygen atoms in total. The van der Waals surface area contributed by atoms with Crippen molar-refractivity contribution in [2.75, 3.05) is 11.9 Å². The van der Waals surface area contributed by atoms with Crippen LogP contribution < -0.4 is 5.32 Å². The maximum atomic E-state index is 12.0. The minimum Gasteiger partial charge on any atom is -0.456 e. The van der Waals surface area contributed by atoms with Crippen molar-refractivity contribution in [3.63, 3.8) is 0 Å². The van der Waals surface area contributed by atoms with E-state index in [-0.39, 0.29) is 11.7 Å². The van der Waals surface area contributed by atoms with E-state index in [1.165, 1.54) is 11.3 Å². The summed E-state index contributed by atoms with van der Waals surface area (Å²) in [6.07, 6.45) is 1.80. The lowest BCUT2D eigenvalue weighted by Crippen LogP contribution is -2.10. The number of nitrogens with zero attached hydrogens (tertiary/aromatic N) is 2. The van der Waals surface area contributed by atoms with Crippen LogP contribution in [0.25, 0.3) is 0 Å². The number of carbonyl (C=O) groups excluding carboxylic acids is 1. The third-order valence-corrected chi connectivity index (χ3v) is 3.31. The van der Waals surface area contributed by atoms with Crippen LogP contribution in [0.5, 0.6) is 0 Å². The molecule has 0 unspecified atom stereocenters. The quantitative estimate of drug-likeness (QED) is 0.850. The van der Waals surface area contributed by atoms with Gasteiger partial charge in [0.25, 0.3) is 5.91 Å². The van der Waals surface area contributed by atoms with Gasteiger partial charge in [0.05, 0.1) is 0 Å². The molecule has 0 atom stereocenters. The van der Waals surface area contributed by atoms with E-state index in [2.05, 4.69) is 22.4 Å². The average Bonchev–Trinajstić information content (AvgIpc) is 3.06. The zero-order valence-corrected chi connectivity index (χ0v) is 12.3. The number of hydrogen-bond donors (Lipinski definition) is 1. The van der Waals surface area contributed by atoms with E-state index in [1.807, 2.05) is 13.0 Å². The monoisotopic (exact) mass is 295 g/mol. The number of hydrogen-bond acceptors (Lipinski definition) is 6. The second-order valence-corrected chi connectivity index (χ2v) is 5.17. The standard InChI is InChI=1S/C13H17N3O3S/c1-3-5-9-6-7-10(19-9)12(17)14-13-16-15-11(20-13)8-18-4-2/h6-7H,3-5,8H2,1-2H3,(H,14,16,17). The summed E-state index contributed by atoms with van der Waals surface area (Å²) in [5.74, 6) is 0.786. The Kier molecular flexibility index (Phi) is 5.25. The van der Waals surface area contributed by atoms with Crippen molar-refractivity contribution in [2.45, 2.75) is 33.3 Å². The third-order valence-electron chi connectivity index (χ3n) is 2.50. The topological polar surface area (TPSA) is 77.2 Å². The summed E-state index contributed by atoms with van der Waals surface area (Å²) in [7, 11) is 0. The highest BCUT2D eigenvalue weighted by Crippen LogP contribution is 2.18. The Morgan fingerprint density at radius 2 is 2.25 bits per heavy atom. The molecule has 1 N–H and O–H groups in total. The first-order valence-corrected chi connectivity index (χ1v) is 7.34. The molecule has 0 aromatic carbocycles. The smallest absolute Gasteiger partial charge is 0.293 e. The van der Waals surface area contributed by atoms with Crippen molar-refractivity contribution in [1.29, 1.82) is 0 Å². The van der Waals surface area contributed by atoms with Gasteiger partial charge in [0, 0.05) is 13.0 Å². The predicted molar refractivity (Wildman–Crippen MR) is 75.9 cm³/mol. The van der Waals surface area contributed by atoms with Crippen LogP contribution in [-0.2, 0) is 17.8 Å². The van der Waals surface area contributed by atoms with Crippen LogP contribution >= 0.6 is 11.3 Å². The lowest BCUT2D eigenvalue weighted by Gasteiger charge is -1.97. The van der Waals surface area contributed by atoms with Crippen molar-refractivity contribution in [3.8, 4) is 0 Å². The Balaban J connectivity index is 1.94. The maximum absolute atomic E-state index is 12.0. The van der Waals surface area contributed by atoms with Crippen molar-refractivity contribution in [3.05, 3.63) is 28.7 Å². The van der Waals surface area contributed by atoms with Crippen molar-refractivity contribution in [1.82, 2.24) is 10.2 Å². The van der Waals surface area contributed by atoms with E-state index in [0.717, 1.165) is 23.6 Å². The number of aryl methyl sites for hydroxylation is 1. The molecule has 0 aliphatic carbocycles. The molecule has 2 rings (SSSR count). The molecule has 0 fully saturated rings. The second kappa shape index (κ2) is 7.16. The fourth-order valence-corrected chi connectivity index (χ4v) is 2.26. The Hall–Kier alpha value is -1.73. The molecule has 108 valence electrons. The van der Waals surface area contributed by atoms with Crippen LogP contribution in [0.2, 0.25) is 0 Å². The SMILES string of the molecule is CCCc1ccc(C(=O)Nc2nnc(COCC)s2)o1. The average molecular weight is 295 g/mol. The van der Waals surface area contributed by atoms with E-state index >= 15 is 0 Å². The molecule has 0 saturated heterocycles. The summed E-state index contributed by atoms with van der Waals surface area (Å²) >= 11 is 1.29. The van der Waals surface area contributed by atoms with E-state index in [4.69, 9.17) is 9.15 Å². The van der Waals surface area contributed by atoms with Gasteiger partial charge >= 0.3 is 0 Å². The molecule has 0 radical (unpaired) electrons. The summed E-state index contributed by atoms with van der Waals surface area (Å²) in [4.78, 5) is 12.0. The molecule has 0 aliphatic heterocycles. The molecule has 0 saturated carbocycles. The van der Waals surface area contributed by atoms with E-state index in [1.54, 1.807) is 6.07 Å². The Morgan fingerprint density at radius 1 is 1.40 bits per heavy atom. The zero-order valence-electron chi connectivity index (χ0n) is 11.5. The Bertz CT molecular complexity index is 565. The summed E-state index contributed by atoms with van der Waals surface area (Å²) in [6.45, 7) is 5.00. The van der Waals surface area contributed by atoms with Gasteiger partial charge in [-0.2, -0.15) is 0 Å². The van der Waals surface area contributed by atoms with Gasteiger partial charge < -0.3 is 9.15 Å². The first-order valence-electron chi connectivity index (χ1n) is 6.53. The van der Waals surface area contributed by atoms with Crippen molar-refractivity contribution < 1.29 is 13.9 Å². The van der Waals surface area contributed by atoms with Crippen molar-refractivity contribution in [2.24, 2.45) is 0 Å². The van der Waals surface area contributed by atoms with E-state index in [9.17, 15) is 4.79 Å². The van der Waals surface area contributed by atoms with Gasteiger partial charge in [-0.25, -0.2) is 0 Å². The van der Waals surface area contributed by atoms with Gasteiger partial charge in [-0.3, -0.25) is 10.1 Å². The number of aromatic nitrogens is 2. The van der Waals surface area contributed by atoms with Gasteiger partial charge in [-0.05, 0) is 25.5 Å². The fraction of sp³-hybridized carbons (Fsp3) is 0.462. The van der Waals surface area contributed by atoms with Crippen LogP contribution in [0.15, 0.2) is 16.5 Å². The Morgan fingerprint density at radius 3 is 3.00 bits per heavy atom. The highest BCUT2D eigenvalue weighted by Gasteiger charge is 2.13. The Labute approximate surface area is 121 Å². The van der Waals surface area contributed by atoms with Crippen LogP contribution in [0.3, 0.4) is 0 Å². The third kappa shape index (κ3) is 3.88. The normalized spacial score (nSPS) is 10.7. The first kappa shape index (κ1) is 14.7. The molecule has 1 amide bonds. The number of amides is 1. The molecular formula is C13H17N3O3S. The summed E-state index contributed by atoms with van der Waals surface area (Å²) < 4.78 is 10.7. The lowest BCUT2D eigenvalue weighted by atomic mass is 10.3. The van der Waals surface area contributed by atoms with Gasteiger partial charge in [-0.1, -0.05) is 18.3 Å². The summed E-state index contributed by atoms with van der Waals surface area (Å²) in [6, 6.07) is 3.49. The maximum Gasteiger partial charge on any atom is 0.293 e. The second-order valence-electron chi connectivity index (χ2n) is 4.11. The number of furan rings is 1. The number of rotatable bonds is 7. The minimum absolute atomic E-state index is 0.287. The molecule has 0 spiro atoms. The fourth-order valence-electron chi connectivity index (χ4n) is 1.59. The number of carbonyl (C=O) groups is 1.